The minimum absolute atomic E-state index is 0.162. The molecule has 21 heavy (non-hydrogen) atoms. The summed E-state index contributed by atoms with van der Waals surface area (Å²) in [6.07, 6.45) is 0. The van der Waals surface area contributed by atoms with Crippen LogP contribution in [0.4, 0.5) is 8.78 Å². The maximum absolute atomic E-state index is 13.8. The van der Waals surface area contributed by atoms with Gasteiger partial charge in [-0.3, -0.25) is 4.79 Å². The molecule has 4 nitrogen and oxygen atoms in total. The first-order valence-corrected chi connectivity index (χ1v) is 6.45. The summed E-state index contributed by atoms with van der Waals surface area (Å²) in [5.74, 6) is -0.393. The van der Waals surface area contributed by atoms with Gasteiger partial charge in [0.05, 0.1) is 20.3 Å². The highest BCUT2D eigenvalue weighted by molar-refractivity contribution is 5.87. The molecule has 1 aromatic carbocycles. The van der Waals surface area contributed by atoms with Crippen molar-refractivity contribution >= 4 is 5.91 Å². The molecule has 0 saturated carbocycles. The lowest BCUT2D eigenvalue weighted by molar-refractivity contribution is -0.153. The highest BCUT2D eigenvalue weighted by Crippen LogP contribution is 2.18. The smallest absolute Gasteiger partial charge is 0.385 e. The summed E-state index contributed by atoms with van der Waals surface area (Å²) in [4.78, 5) is 12.8. The molecule has 1 amide bonds. The van der Waals surface area contributed by atoms with Crippen LogP contribution in [0.15, 0.2) is 24.3 Å². The van der Waals surface area contributed by atoms with E-state index in [1.807, 2.05) is 0 Å². The molecule has 0 aliphatic carbocycles. The van der Waals surface area contributed by atoms with Gasteiger partial charge in [-0.25, -0.2) is 0 Å². The average Bonchev–Trinajstić information content (AvgIpc) is 2.53. The molecule has 112 valence electrons. The zero-order valence-electron chi connectivity index (χ0n) is 11.6. The Labute approximate surface area is 121 Å². The Morgan fingerprint density at radius 3 is 2.76 bits per heavy atom. The zero-order chi connectivity index (χ0) is 15.3. The summed E-state index contributed by atoms with van der Waals surface area (Å²) in [5, 5.41) is 0. The van der Waals surface area contributed by atoms with Gasteiger partial charge in [-0.15, -0.1) is 0 Å². The Hall–Kier alpha value is -2.13. The van der Waals surface area contributed by atoms with Gasteiger partial charge in [0, 0.05) is 18.7 Å². The molecule has 1 fully saturated rings. The third-order valence-corrected chi connectivity index (χ3v) is 3.00. The second-order valence-corrected chi connectivity index (χ2v) is 4.46. The van der Waals surface area contributed by atoms with E-state index in [4.69, 9.17) is 9.47 Å². The number of hydrogen-bond donors (Lipinski definition) is 0. The molecule has 0 N–H and O–H groups in total. The van der Waals surface area contributed by atoms with Crippen molar-refractivity contribution < 1.29 is 23.0 Å². The van der Waals surface area contributed by atoms with Crippen molar-refractivity contribution in [3.63, 3.8) is 0 Å². The third-order valence-electron chi connectivity index (χ3n) is 3.00. The van der Waals surface area contributed by atoms with E-state index in [9.17, 15) is 13.6 Å². The van der Waals surface area contributed by atoms with E-state index in [1.54, 1.807) is 24.1 Å². The fraction of sp³-hybridized carbons (Fsp3) is 0.400. The van der Waals surface area contributed by atoms with Gasteiger partial charge in [0.1, 0.15) is 5.75 Å². The largest absolute Gasteiger partial charge is 0.497 e. The van der Waals surface area contributed by atoms with Crippen molar-refractivity contribution in [2.45, 2.75) is 5.92 Å². The molecule has 0 bridgehead atoms. The predicted molar refractivity (Wildman–Crippen MR) is 72.2 cm³/mol. The van der Waals surface area contributed by atoms with E-state index in [2.05, 4.69) is 5.92 Å². The van der Waals surface area contributed by atoms with Gasteiger partial charge in [-0.2, -0.15) is 8.78 Å². The molecule has 0 aromatic heterocycles. The lowest BCUT2D eigenvalue weighted by Gasteiger charge is -2.28. The van der Waals surface area contributed by atoms with E-state index in [1.165, 1.54) is 13.2 Å². The molecule has 0 radical (unpaired) electrons. The Balaban J connectivity index is 2.12. The highest BCUT2D eigenvalue weighted by Gasteiger charge is 2.40. The average molecular weight is 295 g/mol. The molecule has 6 heteroatoms. The Morgan fingerprint density at radius 2 is 2.10 bits per heavy atom. The van der Waals surface area contributed by atoms with Crippen LogP contribution >= 0.6 is 0 Å². The van der Waals surface area contributed by atoms with Crippen LogP contribution < -0.4 is 4.74 Å². The van der Waals surface area contributed by atoms with Crippen LogP contribution in [0.3, 0.4) is 0 Å². The van der Waals surface area contributed by atoms with Gasteiger partial charge >= 0.3 is 11.8 Å². The fourth-order valence-corrected chi connectivity index (χ4v) is 1.87. The van der Waals surface area contributed by atoms with Gasteiger partial charge in [0.2, 0.25) is 0 Å². The normalized spacial score (nSPS) is 15.1. The lowest BCUT2D eigenvalue weighted by atomic mass is 10.2. The van der Waals surface area contributed by atoms with E-state index in [-0.39, 0.29) is 26.3 Å². The number of benzene rings is 1. The third kappa shape index (κ3) is 3.92. The van der Waals surface area contributed by atoms with Gasteiger partial charge in [-0.05, 0) is 24.1 Å². The van der Waals surface area contributed by atoms with Crippen molar-refractivity contribution in [3.8, 4) is 17.6 Å². The van der Waals surface area contributed by atoms with Crippen LogP contribution in [0.25, 0.3) is 0 Å². The summed E-state index contributed by atoms with van der Waals surface area (Å²) in [5.41, 5.74) is 0.365. The van der Waals surface area contributed by atoms with Crippen LogP contribution in [-0.2, 0) is 9.53 Å². The summed E-state index contributed by atoms with van der Waals surface area (Å²) >= 11 is 0. The Morgan fingerprint density at radius 1 is 1.38 bits per heavy atom. The van der Waals surface area contributed by atoms with E-state index in [0.717, 1.165) is 4.90 Å². The standard InChI is InChI=1S/C15H15F2NO3/c1-20-13-4-2-3-12(11-13)5-6-15(16,17)14(19)18-7-9-21-10-8-18/h2-4,11H,7-10H2,1H3. The first-order valence-electron chi connectivity index (χ1n) is 6.45. The molecule has 1 aliphatic heterocycles. The van der Waals surface area contributed by atoms with E-state index < -0.39 is 11.8 Å². The fourth-order valence-electron chi connectivity index (χ4n) is 1.87. The first-order chi connectivity index (χ1) is 10.0. The van der Waals surface area contributed by atoms with Crippen LogP contribution in [0.5, 0.6) is 5.75 Å². The maximum atomic E-state index is 13.8. The van der Waals surface area contributed by atoms with Gasteiger partial charge in [-0.1, -0.05) is 12.0 Å². The number of nitrogens with zero attached hydrogens (tertiary/aromatic N) is 1. The van der Waals surface area contributed by atoms with E-state index >= 15 is 0 Å². The lowest BCUT2D eigenvalue weighted by Crippen LogP contribution is -2.48. The maximum Gasteiger partial charge on any atom is 0.385 e. The molecule has 1 aliphatic rings. The molecule has 1 saturated heterocycles. The number of hydrogen-bond acceptors (Lipinski definition) is 3. The van der Waals surface area contributed by atoms with Crippen molar-refractivity contribution in [2.75, 3.05) is 33.4 Å². The summed E-state index contributed by atoms with van der Waals surface area (Å²) in [7, 11) is 1.48. The van der Waals surface area contributed by atoms with Crippen molar-refractivity contribution in [2.24, 2.45) is 0 Å². The number of halogens is 2. The minimum atomic E-state index is -3.71. The minimum Gasteiger partial charge on any atom is -0.497 e. The second kappa shape index (κ2) is 6.55. The number of ether oxygens (including phenoxy) is 2. The van der Waals surface area contributed by atoms with Crippen molar-refractivity contribution in [1.82, 2.24) is 4.90 Å². The molecule has 0 atom stereocenters. The predicted octanol–water partition coefficient (Wildman–Crippen LogP) is 1.54. The molecule has 0 unspecified atom stereocenters. The SMILES string of the molecule is COc1cccc(C#CC(F)(F)C(=O)N2CCOCC2)c1. The van der Waals surface area contributed by atoms with Crippen LogP contribution in [0.2, 0.25) is 0 Å². The van der Waals surface area contributed by atoms with Gasteiger partial charge < -0.3 is 14.4 Å². The van der Waals surface area contributed by atoms with Gasteiger partial charge in [0.15, 0.2) is 0 Å². The quantitative estimate of drug-likeness (QED) is 0.777. The van der Waals surface area contributed by atoms with Crippen LogP contribution in [-0.4, -0.2) is 50.1 Å². The molecular formula is C15H15F2NO3. The van der Waals surface area contributed by atoms with Crippen LogP contribution in [0, 0.1) is 11.8 Å². The monoisotopic (exact) mass is 295 g/mol. The van der Waals surface area contributed by atoms with Crippen molar-refractivity contribution in [1.29, 1.82) is 0 Å². The number of carbonyl (C=O) groups is 1. The topological polar surface area (TPSA) is 38.8 Å². The number of carbonyl (C=O) groups excluding carboxylic acids is 1. The second-order valence-electron chi connectivity index (χ2n) is 4.46. The van der Waals surface area contributed by atoms with E-state index in [0.29, 0.717) is 11.3 Å². The molecule has 1 heterocycles. The summed E-state index contributed by atoms with van der Waals surface area (Å²) in [6.45, 7) is 0.862. The first kappa shape index (κ1) is 15.3. The van der Waals surface area contributed by atoms with Crippen LogP contribution in [0.1, 0.15) is 5.56 Å². The zero-order valence-corrected chi connectivity index (χ0v) is 11.6. The summed E-state index contributed by atoms with van der Waals surface area (Å²) in [6, 6.07) is 6.43. The number of methoxy groups -OCH3 is 1. The van der Waals surface area contributed by atoms with Gasteiger partial charge in [0.25, 0.3) is 0 Å². The number of rotatable bonds is 2. The Kier molecular flexibility index (Phi) is 4.76. The molecule has 1 aromatic rings. The Bertz CT molecular complexity index is 572. The number of alkyl halides is 2. The number of morpholine rings is 1. The number of amides is 1. The van der Waals surface area contributed by atoms with Crippen molar-refractivity contribution in [3.05, 3.63) is 29.8 Å². The molecular weight excluding hydrogens is 280 g/mol. The highest BCUT2D eigenvalue weighted by atomic mass is 19.3. The molecule has 2 rings (SSSR count). The molecule has 0 spiro atoms. The summed E-state index contributed by atoms with van der Waals surface area (Å²) < 4.78 is 37.7.